The summed E-state index contributed by atoms with van der Waals surface area (Å²) in [6.07, 6.45) is 6.25. The van der Waals surface area contributed by atoms with Crippen LogP contribution in [0.15, 0.2) is 84.3 Å². The molecule has 0 saturated carbocycles. The van der Waals surface area contributed by atoms with E-state index in [0.29, 0.717) is 33.2 Å². The summed E-state index contributed by atoms with van der Waals surface area (Å²) < 4.78 is 33.2. The first kappa shape index (κ1) is 31.2. The fourth-order valence-corrected chi connectivity index (χ4v) is 5.32. The second-order valence-corrected chi connectivity index (χ2v) is 11.7. The van der Waals surface area contributed by atoms with Crippen molar-refractivity contribution in [1.82, 2.24) is 4.57 Å². The van der Waals surface area contributed by atoms with Crippen molar-refractivity contribution >= 4 is 56.4 Å². The molecule has 1 atom stereocenters. The van der Waals surface area contributed by atoms with Crippen LogP contribution in [0.2, 0.25) is 20.1 Å². The van der Waals surface area contributed by atoms with Crippen LogP contribution in [0, 0.1) is 0 Å². The molecule has 6 nitrogen and oxygen atoms in total. The molecule has 0 saturated heterocycles. The molecule has 0 bridgehead atoms. The van der Waals surface area contributed by atoms with Crippen LogP contribution in [0.25, 0.3) is 0 Å². The number of aryl methyl sites for hydroxylation is 2. The standard InChI is InChI=1S/C26H24Cl4N3O3S.HI/c27-20-4-3-19(24(29)13-20)16-36-26(23-8-5-21(28)14-25(23)30)15-33-12-11-32(17-33)10-9-18-1-6-22(7-2-18)37(31,34)35;/h1-8,11-14,17,26H,9-10,15-16H2,(H2,31,34,35);1H/q+1;/p-1. The Hall–Kier alpha value is -1.37. The van der Waals surface area contributed by atoms with E-state index in [9.17, 15) is 8.42 Å². The van der Waals surface area contributed by atoms with Gasteiger partial charge in [-0.3, -0.25) is 0 Å². The summed E-state index contributed by atoms with van der Waals surface area (Å²) in [4.78, 5) is 0.0989. The van der Waals surface area contributed by atoms with Gasteiger partial charge < -0.3 is 28.7 Å². The van der Waals surface area contributed by atoms with E-state index in [1.807, 2.05) is 40.0 Å². The Balaban J connectivity index is 0.00000400. The van der Waals surface area contributed by atoms with Gasteiger partial charge in [0.25, 0.3) is 0 Å². The number of ether oxygens (including phenoxy) is 1. The molecule has 12 heteroatoms. The lowest BCUT2D eigenvalue weighted by Gasteiger charge is -2.19. The maximum atomic E-state index is 11.4. The Labute approximate surface area is 259 Å². The third-order valence-electron chi connectivity index (χ3n) is 5.80. The van der Waals surface area contributed by atoms with Crippen molar-refractivity contribution in [3.8, 4) is 0 Å². The third kappa shape index (κ3) is 8.56. The first-order chi connectivity index (χ1) is 17.6. The molecule has 0 fully saturated rings. The number of aromatic nitrogens is 2. The van der Waals surface area contributed by atoms with Gasteiger partial charge in [0.2, 0.25) is 16.4 Å². The van der Waals surface area contributed by atoms with Crippen molar-refractivity contribution < 1.29 is 41.7 Å². The van der Waals surface area contributed by atoms with Crippen molar-refractivity contribution in [3.63, 3.8) is 0 Å². The zero-order valence-electron chi connectivity index (χ0n) is 19.9. The zero-order valence-corrected chi connectivity index (χ0v) is 25.9. The molecule has 202 valence electrons. The molecule has 1 aromatic heterocycles. The number of halogens is 5. The summed E-state index contributed by atoms with van der Waals surface area (Å²) in [5.41, 5.74) is 2.63. The van der Waals surface area contributed by atoms with Crippen LogP contribution in [-0.2, 0) is 40.9 Å². The summed E-state index contributed by atoms with van der Waals surface area (Å²) >= 11 is 25.0. The highest BCUT2D eigenvalue weighted by molar-refractivity contribution is 7.89. The molecule has 0 aliphatic heterocycles. The minimum absolute atomic E-state index is 0. The second kappa shape index (κ2) is 13.8. The predicted octanol–water partition coefficient (Wildman–Crippen LogP) is 3.24. The summed E-state index contributed by atoms with van der Waals surface area (Å²) in [5.74, 6) is 0. The van der Waals surface area contributed by atoms with Crippen molar-refractivity contribution in [2.24, 2.45) is 5.14 Å². The van der Waals surface area contributed by atoms with E-state index in [1.54, 1.807) is 36.4 Å². The number of primary sulfonamides is 1. The minimum Gasteiger partial charge on any atom is -1.00 e. The van der Waals surface area contributed by atoms with Gasteiger partial charge in [0.1, 0.15) is 25.0 Å². The highest BCUT2D eigenvalue weighted by Crippen LogP contribution is 2.31. The van der Waals surface area contributed by atoms with Gasteiger partial charge in [0.05, 0.1) is 18.0 Å². The van der Waals surface area contributed by atoms with Crippen molar-refractivity contribution in [1.29, 1.82) is 0 Å². The Morgan fingerprint density at radius 2 is 1.58 bits per heavy atom. The van der Waals surface area contributed by atoms with Gasteiger partial charge in [-0.25, -0.2) is 22.7 Å². The largest absolute Gasteiger partial charge is 1.00 e. The smallest absolute Gasteiger partial charge is 0.243 e. The third-order valence-corrected chi connectivity index (χ3v) is 7.88. The van der Waals surface area contributed by atoms with Crippen LogP contribution < -0.4 is 33.7 Å². The van der Waals surface area contributed by atoms with Crippen molar-refractivity contribution in [3.05, 3.63) is 116 Å². The number of rotatable bonds is 10. The van der Waals surface area contributed by atoms with Gasteiger partial charge in [0, 0.05) is 32.1 Å². The fourth-order valence-electron chi connectivity index (χ4n) is 3.81. The molecule has 1 heterocycles. The van der Waals surface area contributed by atoms with E-state index in [-0.39, 0.29) is 41.6 Å². The Morgan fingerprint density at radius 3 is 2.21 bits per heavy atom. The topological polar surface area (TPSA) is 78.2 Å². The van der Waals surface area contributed by atoms with Gasteiger partial charge in [-0.2, -0.15) is 0 Å². The van der Waals surface area contributed by atoms with E-state index in [4.69, 9.17) is 56.3 Å². The summed E-state index contributed by atoms with van der Waals surface area (Å²) in [7, 11) is -3.70. The van der Waals surface area contributed by atoms with Crippen LogP contribution >= 0.6 is 46.4 Å². The van der Waals surface area contributed by atoms with Gasteiger partial charge in [0.15, 0.2) is 0 Å². The molecule has 4 rings (SSSR count). The number of sulfonamides is 1. The second-order valence-electron chi connectivity index (χ2n) is 8.49. The Morgan fingerprint density at radius 1 is 0.921 bits per heavy atom. The van der Waals surface area contributed by atoms with Gasteiger partial charge in [-0.05, 0) is 47.5 Å². The van der Waals surface area contributed by atoms with E-state index < -0.39 is 10.0 Å². The predicted molar refractivity (Wildman–Crippen MR) is 147 cm³/mol. The van der Waals surface area contributed by atoms with Crippen LogP contribution in [0.4, 0.5) is 0 Å². The number of hydrogen-bond acceptors (Lipinski definition) is 3. The van der Waals surface area contributed by atoms with Gasteiger partial charge in [-0.15, -0.1) is 0 Å². The van der Waals surface area contributed by atoms with E-state index >= 15 is 0 Å². The van der Waals surface area contributed by atoms with E-state index in [2.05, 4.69) is 0 Å². The molecule has 3 aromatic carbocycles. The SMILES string of the molecule is NS(=O)(=O)c1ccc(CCn2cc[n+](CC(OCc3ccc(Cl)cc3Cl)c3ccc(Cl)cc3Cl)c2)cc1.[I-]. The average molecular weight is 727 g/mol. The molecule has 2 N–H and O–H groups in total. The normalized spacial score (nSPS) is 12.2. The van der Waals surface area contributed by atoms with E-state index in [0.717, 1.165) is 23.1 Å². The molecule has 4 aromatic rings. The lowest BCUT2D eigenvalue weighted by Crippen LogP contribution is -3.00. The molecule has 38 heavy (non-hydrogen) atoms. The maximum Gasteiger partial charge on any atom is 0.243 e. The lowest BCUT2D eigenvalue weighted by molar-refractivity contribution is -0.704. The number of hydrogen-bond donors (Lipinski definition) is 1. The molecule has 0 amide bonds. The number of nitrogens with zero attached hydrogens (tertiary/aromatic N) is 2. The lowest BCUT2D eigenvalue weighted by atomic mass is 10.1. The highest BCUT2D eigenvalue weighted by atomic mass is 127. The molecule has 0 aliphatic carbocycles. The van der Waals surface area contributed by atoms with Crippen molar-refractivity contribution in [2.45, 2.75) is 37.1 Å². The summed E-state index contributed by atoms with van der Waals surface area (Å²) in [5, 5.41) is 7.32. The van der Waals surface area contributed by atoms with Crippen LogP contribution in [0.1, 0.15) is 22.8 Å². The first-order valence-corrected chi connectivity index (χ1v) is 14.3. The van der Waals surface area contributed by atoms with Crippen molar-refractivity contribution in [2.75, 3.05) is 0 Å². The quantitative estimate of drug-likeness (QED) is 0.202. The molecule has 0 radical (unpaired) electrons. The maximum absolute atomic E-state index is 11.4. The summed E-state index contributed by atoms with van der Waals surface area (Å²) in [6.45, 7) is 1.48. The van der Waals surface area contributed by atoms with Gasteiger partial charge >= 0.3 is 0 Å². The van der Waals surface area contributed by atoms with E-state index in [1.165, 1.54) is 12.1 Å². The molecule has 0 aliphatic rings. The monoisotopic (exact) mass is 725 g/mol. The Kier molecular flexibility index (Phi) is 11.3. The highest BCUT2D eigenvalue weighted by Gasteiger charge is 2.21. The minimum atomic E-state index is -3.70. The Bertz CT molecular complexity index is 1500. The van der Waals surface area contributed by atoms with Crippen LogP contribution in [0.5, 0.6) is 0 Å². The zero-order chi connectivity index (χ0) is 26.6. The number of benzene rings is 3. The molecular weight excluding hydrogens is 703 g/mol. The van der Waals surface area contributed by atoms with Crippen LogP contribution in [-0.4, -0.2) is 13.0 Å². The molecular formula is C26H24Cl4IN3O3S. The molecule has 1 unspecified atom stereocenters. The number of nitrogens with two attached hydrogens (primary N) is 1. The van der Waals surface area contributed by atoms with Crippen LogP contribution in [0.3, 0.4) is 0 Å². The fraction of sp³-hybridized carbons (Fsp3) is 0.192. The first-order valence-electron chi connectivity index (χ1n) is 11.3. The van der Waals surface area contributed by atoms with Gasteiger partial charge in [-0.1, -0.05) is 70.7 Å². The summed E-state index contributed by atoms with van der Waals surface area (Å²) in [6, 6.07) is 17.2. The number of imidazole rings is 1. The molecule has 0 spiro atoms. The average Bonchev–Trinajstić information content (AvgIpc) is 3.28.